The van der Waals surface area contributed by atoms with Crippen molar-refractivity contribution in [1.29, 1.82) is 0 Å². The Bertz CT molecular complexity index is 974. The Labute approximate surface area is 154 Å². The maximum atomic E-state index is 10.7. The third kappa shape index (κ3) is 4.34. The van der Waals surface area contributed by atoms with Crippen LogP contribution in [0.2, 0.25) is 0 Å². The van der Waals surface area contributed by atoms with Crippen LogP contribution >= 0.6 is 0 Å². The molecule has 3 aromatic rings. The summed E-state index contributed by atoms with van der Waals surface area (Å²) in [7, 11) is 1.46. The highest BCUT2D eigenvalue weighted by molar-refractivity contribution is 5.86. The zero-order valence-electron chi connectivity index (χ0n) is 14.4. The quantitative estimate of drug-likeness (QED) is 0.389. The monoisotopic (exact) mass is 364 g/mol. The molecule has 0 aliphatic rings. The summed E-state index contributed by atoms with van der Waals surface area (Å²) in [5, 5.41) is 13.9. The molecule has 0 atom stereocenters. The maximum Gasteiger partial charge on any atom is 0.269 e. The van der Waals surface area contributed by atoms with E-state index in [4.69, 9.17) is 10.5 Å². The van der Waals surface area contributed by atoms with Crippen molar-refractivity contribution in [2.75, 3.05) is 18.2 Å². The summed E-state index contributed by atoms with van der Waals surface area (Å²) in [6.45, 7) is 0. The van der Waals surface area contributed by atoms with Crippen molar-refractivity contribution in [3.63, 3.8) is 0 Å². The lowest BCUT2D eigenvalue weighted by molar-refractivity contribution is -0.384. The van der Waals surface area contributed by atoms with Crippen molar-refractivity contribution < 1.29 is 9.66 Å². The first-order valence-corrected chi connectivity index (χ1v) is 7.89. The third-order valence-corrected chi connectivity index (χ3v) is 3.55. The van der Waals surface area contributed by atoms with Crippen LogP contribution < -0.4 is 15.8 Å². The van der Waals surface area contributed by atoms with E-state index in [1.165, 1.54) is 25.5 Å². The molecule has 9 heteroatoms. The van der Waals surface area contributed by atoms with Crippen molar-refractivity contribution in [1.82, 2.24) is 9.97 Å². The topological polar surface area (TPSA) is 129 Å². The van der Waals surface area contributed by atoms with E-state index in [9.17, 15) is 10.1 Å². The minimum absolute atomic E-state index is 0.00646. The van der Waals surface area contributed by atoms with Crippen LogP contribution in [0.1, 0.15) is 5.56 Å². The van der Waals surface area contributed by atoms with Crippen LogP contribution in [0.4, 0.5) is 28.8 Å². The van der Waals surface area contributed by atoms with Crippen molar-refractivity contribution in [2.24, 2.45) is 4.99 Å². The second-order valence-corrected chi connectivity index (χ2v) is 5.39. The number of nitro benzene ring substituents is 1. The molecule has 0 aliphatic heterocycles. The van der Waals surface area contributed by atoms with Crippen molar-refractivity contribution in [3.8, 4) is 5.88 Å². The Morgan fingerprint density at radius 3 is 2.48 bits per heavy atom. The Morgan fingerprint density at radius 1 is 1.15 bits per heavy atom. The Morgan fingerprint density at radius 2 is 1.85 bits per heavy atom. The number of aromatic nitrogens is 2. The number of aliphatic imine (C=N–C) groups is 1. The molecule has 0 amide bonds. The minimum Gasteiger partial charge on any atom is -0.479 e. The number of nitrogens with zero attached hydrogens (tertiary/aromatic N) is 4. The molecule has 136 valence electrons. The van der Waals surface area contributed by atoms with Gasteiger partial charge in [-0.3, -0.25) is 10.1 Å². The van der Waals surface area contributed by atoms with E-state index in [-0.39, 0.29) is 17.5 Å². The number of rotatable bonds is 6. The van der Waals surface area contributed by atoms with E-state index < -0.39 is 4.92 Å². The minimum atomic E-state index is -0.459. The molecular weight excluding hydrogens is 348 g/mol. The highest BCUT2D eigenvalue weighted by atomic mass is 16.6. The zero-order valence-corrected chi connectivity index (χ0v) is 14.4. The van der Waals surface area contributed by atoms with E-state index in [1.54, 1.807) is 12.1 Å². The van der Waals surface area contributed by atoms with Gasteiger partial charge in [-0.1, -0.05) is 18.2 Å². The average molecular weight is 364 g/mol. The molecular formula is C18H16N6O3. The SMILES string of the molecule is COc1nc(N)nc(Nc2ccccc2)c1N=Cc1ccc([N+](=O)[O-])cc1. The lowest BCUT2D eigenvalue weighted by Crippen LogP contribution is -2.03. The summed E-state index contributed by atoms with van der Waals surface area (Å²) in [6, 6.07) is 15.4. The van der Waals surface area contributed by atoms with Gasteiger partial charge in [-0.2, -0.15) is 9.97 Å². The molecule has 0 radical (unpaired) electrons. The molecule has 0 saturated heterocycles. The highest BCUT2D eigenvalue weighted by Gasteiger charge is 2.14. The number of nitrogens with one attached hydrogen (secondary N) is 1. The van der Waals surface area contributed by atoms with Crippen LogP contribution in [-0.4, -0.2) is 28.2 Å². The Hall–Kier alpha value is -4.01. The van der Waals surface area contributed by atoms with Gasteiger partial charge < -0.3 is 15.8 Å². The third-order valence-electron chi connectivity index (χ3n) is 3.55. The van der Waals surface area contributed by atoms with E-state index in [2.05, 4.69) is 20.3 Å². The number of nitrogen functional groups attached to an aromatic ring is 1. The van der Waals surface area contributed by atoms with Gasteiger partial charge in [0.1, 0.15) is 0 Å². The van der Waals surface area contributed by atoms with Crippen molar-refractivity contribution in [2.45, 2.75) is 0 Å². The molecule has 9 nitrogen and oxygen atoms in total. The molecule has 27 heavy (non-hydrogen) atoms. The van der Waals surface area contributed by atoms with E-state index in [0.717, 1.165) is 5.69 Å². The smallest absolute Gasteiger partial charge is 0.269 e. The summed E-state index contributed by atoms with van der Waals surface area (Å²) in [4.78, 5) is 22.9. The first kappa shape index (κ1) is 17.8. The van der Waals surface area contributed by atoms with Crippen LogP contribution in [0.3, 0.4) is 0 Å². The lowest BCUT2D eigenvalue weighted by Gasteiger charge is -2.11. The first-order chi connectivity index (χ1) is 13.1. The number of nitrogens with two attached hydrogens (primary N) is 1. The van der Waals surface area contributed by atoms with E-state index in [1.807, 2.05) is 30.3 Å². The number of non-ortho nitro benzene ring substituents is 1. The van der Waals surface area contributed by atoms with Gasteiger partial charge in [-0.05, 0) is 29.8 Å². The normalized spacial score (nSPS) is 10.7. The molecule has 0 aliphatic carbocycles. The number of ether oxygens (including phenoxy) is 1. The molecule has 0 fully saturated rings. The van der Waals surface area contributed by atoms with Crippen molar-refractivity contribution >= 4 is 35.0 Å². The molecule has 1 heterocycles. The van der Waals surface area contributed by atoms with Gasteiger partial charge >= 0.3 is 0 Å². The largest absolute Gasteiger partial charge is 0.479 e. The van der Waals surface area contributed by atoms with Gasteiger partial charge in [-0.15, -0.1) is 0 Å². The second-order valence-electron chi connectivity index (χ2n) is 5.39. The number of hydrogen-bond donors (Lipinski definition) is 2. The number of methoxy groups -OCH3 is 1. The number of nitro groups is 1. The predicted molar refractivity (Wildman–Crippen MR) is 103 cm³/mol. The van der Waals surface area contributed by atoms with E-state index in [0.29, 0.717) is 17.1 Å². The number of para-hydroxylation sites is 1. The van der Waals surface area contributed by atoms with Gasteiger partial charge in [-0.25, -0.2) is 4.99 Å². The van der Waals surface area contributed by atoms with Gasteiger partial charge in [0.05, 0.1) is 12.0 Å². The molecule has 0 bridgehead atoms. The van der Waals surface area contributed by atoms with E-state index >= 15 is 0 Å². The molecule has 2 aromatic carbocycles. The molecule has 0 saturated carbocycles. The summed E-state index contributed by atoms with van der Waals surface area (Å²) >= 11 is 0. The molecule has 3 N–H and O–H groups in total. The number of hydrogen-bond acceptors (Lipinski definition) is 8. The first-order valence-electron chi connectivity index (χ1n) is 7.89. The molecule has 1 aromatic heterocycles. The van der Waals surface area contributed by atoms with Crippen molar-refractivity contribution in [3.05, 3.63) is 70.3 Å². The molecule has 3 rings (SSSR count). The fraction of sp³-hybridized carbons (Fsp3) is 0.0556. The summed E-state index contributed by atoms with van der Waals surface area (Å²) in [5.74, 6) is 0.627. The molecule has 0 spiro atoms. The number of benzene rings is 2. The average Bonchev–Trinajstić information content (AvgIpc) is 2.68. The summed E-state index contributed by atoms with van der Waals surface area (Å²) in [5.41, 5.74) is 7.58. The van der Waals surface area contributed by atoms with Crippen LogP contribution in [-0.2, 0) is 0 Å². The zero-order chi connectivity index (χ0) is 19.2. The summed E-state index contributed by atoms with van der Waals surface area (Å²) < 4.78 is 5.27. The maximum absolute atomic E-state index is 10.7. The number of anilines is 3. The van der Waals surface area contributed by atoms with Gasteiger partial charge in [0.25, 0.3) is 5.69 Å². The van der Waals surface area contributed by atoms with Gasteiger partial charge in [0, 0.05) is 24.0 Å². The standard InChI is InChI=1S/C18H16N6O3/c1-27-17-15(20-11-12-7-9-14(10-8-12)24(25)26)16(22-18(19)23-17)21-13-5-3-2-4-6-13/h2-11H,1H3,(H3,19,21,22,23). The second kappa shape index (κ2) is 7.91. The molecule has 0 unspecified atom stereocenters. The Balaban J connectivity index is 1.96. The predicted octanol–water partition coefficient (Wildman–Crippen LogP) is 3.47. The van der Waals surface area contributed by atoms with Crippen LogP contribution in [0.5, 0.6) is 5.88 Å². The summed E-state index contributed by atoms with van der Waals surface area (Å²) in [6.07, 6.45) is 1.54. The van der Waals surface area contributed by atoms with Gasteiger partial charge in [0.15, 0.2) is 11.5 Å². The Kier molecular flexibility index (Phi) is 5.22. The lowest BCUT2D eigenvalue weighted by atomic mass is 10.2. The fourth-order valence-corrected chi connectivity index (χ4v) is 2.28. The fourth-order valence-electron chi connectivity index (χ4n) is 2.28. The van der Waals surface area contributed by atoms with Crippen LogP contribution in [0.25, 0.3) is 0 Å². The highest BCUT2D eigenvalue weighted by Crippen LogP contribution is 2.34. The van der Waals surface area contributed by atoms with Crippen LogP contribution in [0, 0.1) is 10.1 Å². The van der Waals surface area contributed by atoms with Crippen LogP contribution in [0.15, 0.2) is 59.6 Å². The van der Waals surface area contributed by atoms with Gasteiger partial charge in [0.2, 0.25) is 11.8 Å².